The summed E-state index contributed by atoms with van der Waals surface area (Å²) in [6.45, 7) is 5.26. The van der Waals surface area contributed by atoms with E-state index in [0.29, 0.717) is 24.0 Å². The third kappa shape index (κ3) is 3.99. The summed E-state index contributed by atoms with van der Waals surface area (Å²) in [6.07, 6.45) is 6.58. The lowest BCUT2D eigenvalue weighted by Gasteiger charge is -2.33. The molecule has 0 saturated carbocycles. The van der Waals surface area contributed by atoms with E-state index in [4.69, 9.17) is 5.73 Å². The van der Waals surface area contributed by atoms with Gasteiger partial charge in [0.25, 0.3) is 5.91 Å². The van der Waals surface area contributed by atoms with Gasteiger partial charge in [0, 0.05) is 31.0 Å². The zero-order valence-corrected chi connectivity index (χ0v) is 11.6. The number of H-pyrrole nitrogens is 1. The Kier molecular flexibility index (Phi) is 4.85. The van der Waals surface area contributed by atoms with Crippen LogP contribution in [0.25, 0.3) is 0 Å². The summed E-state index contributed by atoms with van der Waals surface area (Å²) < 4.78 is 0. The first-order valence-corrected chi connectivity index (χ1v) is 7.13. The Hall–Kier alpha value is -1.49. The Morgan fingerprint density at radius 3 is 3.11 bits per heavy atom. The van der Waals surface area contributed by atoms with Crippen LogP contribution < -0.4 is 11.1 Å². The predicted molar refractivity (Wildman–Crippen MR) is 77.0 cm³/mol. The van der Waals surface area contributed by atoms with Crippen LogP contribution >= 0.6 is 0 Å². The Morgan fingerprint density at radius 2 is 2.42 bits per heavy atom. The molecule has 1 aromatic rings. The topological polar surface area (TPSA) is 74.2 Å². The molecule has 1 aliphatic rings. The molecule has 5 nitrogen and oxygen atoms in total. The van der Waals surface area contributed by atoms with Gasteiger partial charge in [0.1, 0.15) is 5.69 Å². The smallest absolute Gasteiger partial charge is 0.267 e. The summed E-state index contributed by atoms with van der Waals surface area (Å²) in [6, 6.07) is 2.34. The van der Waals surface area contributed by atoms with Gasteiger partial charge in [-0.1, -0.05) is 6.42 Å². The molecule has 1 unspecified atom stereocenters. The molecule has 1 aromatic heterocycles. The van der Waals surface area contributed by atoms with Crippen molar-refractivity contribution in [2.24, 2.45) is 0 Å². The average molecular weight is 264 g/mol. The second-order valence-corrected chi connectivity index (χ2v) is 5.34. The third-order valence-corrected chi connectivity index (χ3v) is 3.80. The monoisotopic (exact) mass is 264 g/mol. The minimum absolute atomic E-state index is 0.0802. The molecule has 1 saturated heterocycles. The normalized spacial score (nSPS) is 20.4. The quantitative estimate of drug-likeness (QED) is 0.707. The van der Waals surface area contributed by atoms with Crippen molar-refractivity contribution in [1.82, 2.24) is 15.2 Å². The van der Waals surface area contributed by atoms with Gasteiger partial charge < -0.3 is 20.9 Å². The summed E-state index contributed by atoms with van der Waals surface area (Å²) in [7, 11) is 0. The molecule has 4 N–H and O–H groups in total. The lowest BCUT2D eigenvalue weighted by molar-refractivity contribution is 0.0944. The van der Waals surface area contributed by atoms with E-state index in [0.717, 1.165) is 13.0 Å². The molecule has 19 heavy (non-hydrogen) atoms. The number of amides is 1. The highest BCUT2D eigenvalue weighted by Crippen LogP contribution is 2.16. The number of carbonyl (C=O) groups is 1. The molecular weight excluding hydrogens is 240 g/mol. The van der Waals surface area contributed by atoms with Crippen molar-refractivity contribution < 1.29 is 4.79 Å². The summed E-state index contributed by atoms with van der Waals surface area (Å²) in [5.74, 6) is -0.0802. The largest absolute Gasteiger partial charge is 0.397 e. The number of likely N-dealkylation sites (tertiary alicyclic amines) is 1. The Labute approximate surface area is 114 Å². The van der Waals surface area contributed by atoms with Crippen LogP contribution in [0, 0.1) is 0 Å². The summed E-state index contributed by atoms with van der Waals surface area (Å²) in [4.78, 5) is 17.1. The molecule has 1 aliphatic heterocycles. The van der Waals surface area contributed by atoms with Crippen LogP contribution in [0.15, 0.2) is 12.3 Å². The van der Waals surface area contributed by atoms with Crippen LogP contribution in [-0.4, -0.2) is 41.5 Å². The van der Waals surface area contributed by atoms with E-state index in [1.54, 1.807) is 12.3 Å². The summed E-state index contributed by atoms with van der Waals surface area (Å²) >= 11 is 0. The highest BCUT2D eigenvalue weighted by Gasteiger charge is 2.17. The highest BCUT2D eigenvalue weighted by molar-refractivity contribution is 5.93. The fraction of sp³-hybridized carbons (Fsp3) is 0.643. The zero-order valence-electron chi connectivity index (χ0n) is 11.6. The van der Waals surface area contributed by atoms with Gasteiger partial charge in [-0.2, -0.15) is 0 Å². The number of carbonyl (C=O) groups excluding carboxylic acids is 1. The number of piperidine rings is 1. The molecule has 2 rings (SSSR count). The number of nitrogens with zero attached hydrogens (tertiary/aromatic N) is 1. The Balaban J connectivity index is 1.65. The number of nitrogen functional groups attached to an aromatic ring is 1. The van der Waals surface area contributed by atoms with E-state index in [9.17, 15) is 4.79 Å². The molecule has 106 valence electrons. The second kappa shape index (κ2) is 6.61. The first kappa shape index (κ1) is 13.9. The molecule has 0 aliphatic carbocycles. The van der Waals surface area contributed by atoms with E-state index in [-0.39, 0.29) is 5.91 Å². The molecule has 2 heterocycles. The lowest BCUT2D eigenvalue weighted by Crippen LogP contribution is -2.39. The van der Waals surface area contributed by atoms with Gasteiger partial charge in [-0.3, -0.25) is 4.79 Å². The first-order valence-electron chi connectivity index (χ1n) is 7.13. The van der Waals surface area contributed by atoms with Crippen molar-refractivity contribution in [3.8, 4) is 0 Å². The second-order valence-electron chi connectivity index (χ2n) is 5.34. The van der Waals surface area contributed by atoms with Crippen LogP contribution in [0.2, 0.25) is 0 Å². The van der Waals surface area contributed by atoms with Crippen molar-refractivity contribution in [2.45, 2.75) is 38.6 Å². The van der Waals surface area contributed by atoms with Crippen molar-refractivity contribution in [3.63, 3.8) is 0 Å². The maximum absolute atomic E-state index is 11.8. The zero-order chi connectivity index (χ0) is 13.7. The van der Waals surface area contributed by atoms with Gasteiger partial charge in [-0.05, 0) is 38.8 Å². The maximum atomic E-state index is 11.8. The minimum atomic E-state index is -0.0802. The molecular formula is C14H24N4O. The van der Waals surface area contributed by atoms with Crippen LogP contribution in [0.5, 0.6) is 0 Å². The number of nitrogens with two attached hydrogens (primary N) is 1. The Morgan fingerprint density at radius 1 is 1.58 bits per heavy atom. The fourth-order valence-corrected chi connectivity index (χ4v) is 2.61. The Bertz CT molecular complexity index is 415. The maximum Gasteiger partial charge on any atom is 0.267 e. The number of rotatable bonds is 5. The number of aromatic amines is 1. The van der Waals surface area contributed by atoms with Crippen LogP contribution in [0.3, 0.4) is 0 Å². The first-order chi connectivity index (χ1) is 9.16. The number of nitrogens with one attached hydrogen (secondary N) is 2. The highest BCUT2D eigenvalue weighted by atomic mass is 16.1. The SMILES string of the molecule is CC1CCCCN1CCCNC(=O)c1cc(N)c[nH]1. The predicted octanol–water partition coefficient (Wildman–Crippen LogP) is 1.59. The number of hydrogen-bond donors (Lipinski definition) is 3. The average Bonchev–Trinajstić information content (AvgIpc) is 2.83. The van der Waals surface area contributed by atoms with Gasteiger partial charge in [0.2, 0.25) is 0 Å². The number of hydrogen-bond acceptors (Lipinski definition) is 3. The molecule has 0 spiro atoms. The van der Waals surface area contributed by atoms with Gasteiger partial charge in [-0.25, -0.2) is 0 Å². The number of aromatic nitrogens is 1. The van der Waals surface area contributed by atoms with Crippen LogP contribution in [0.4, 0.5) is 5.69 Å². The molecule has 1 atom stereocenters. The molecule has 5 heteroatoms. The van der Waals surface area contributed by atoms with Gasteiger partial charge in [0.05, 0.1) is 0 Å². The van der Waals surface area contributed by atoms with E-state index < -0.39 is 0 Å². The summed E-state index contributed by atoms with van der Waals surface area (Å²) in [5.41, 5.74) is 6.69. The van der Waals surface area contributed by atoms with Crippen molar-refractivity contribution in [1.29, 1.82) is 0 Å². The van der Waals surface area contributed by atoms with E-state index in [2.05, 4.69) is 22.1 Å². The van der Waals surface area contributed by atoms with Gasteiger partial charge in [-0.15, -0.1) is 0 Å². The van der Waals surface area contributed by atoms with E-state index >= 15 is 0 Å². The van der Waals surface area contributed by atoms with Crippen molar-refractivity contribution in [3.05, 3.63) is 18.0 Å². The fourth-order valence-electron chi connectivity index (χ4n) is 2.61. The van der Waals surface area contributed by atoms with E-state index in [1.165, 1.54) is 25.8 Å². The third-order valence-electron chi connectivity index (χ3n) is 3.80. The molecule has 0 bridgehead atoms. The van der Waals surface area contributed by atoms with E-state index in [1.807, 2.05) is 0 Å². The van der Waals surface area contributed by atoms with Gasteiger partial charge in [0.15, 0.2) is 0 Å². The minimum Gasteiger partial charge on any atom is -0.397 e. The molecule has 1 amide bonds. The summed E-state index contributed by atoms with van der Waals surface area (Å²) in [5, 5.41) is 2.91. The molecule has 1 fully saturated rings. The standard InChI is InChI=1S/C14H24N4O/c1-11-5-2-3-7-18(11)8-4-6-16-14(19)13-9-12(15)10-17-13/h9-11,17H,2-8,15H2,1H3,(H,16,19). The van der Waals surface area contributed by atoms with Crippen molar-refractivity contribution >= 4 is 11.6 Å². The van der Waals surface area contributed by atoms with Crippen LogP contribution in [-0.2, 0) is 0 Å². The number of anilines is 1. The van der Waals surface area contributed by atoms with Crippen molar-refractivity contribution in [2.75, 3.05) is 25.4 Å². The lowest BCUT2D eigenvalue weighted by atomic mass is 10.0. The molecule has 0 radical (unpaired) electrons. The van der Waals surface area contributed by atoms with Crippen LogP contribution in [0.1, 0.15) is 43.1 Å². The van der Waals surface area contributed by atoms with Gasteiger partial charge >= 0.3 is 0 Å². The molecule has 0 aromatic carbocycles.